The summed E-state index contributed by atoms with van der Waals surface area (Å²) in [5, 5.41) is 17.4. The number of nitrogens with one attached hydrogen (secondary N) is 1. The fraction of sp³-hybridized carbons (Fsp3) is 0.444. The van der Waals surface area contributed by atoms with Crippen LogP contribution in [0.5, 0.6) is 5.75 Å². The Labute approximate surface area is 141 Å². The van der Waals surface area contributed by atoms with Crippen LogP contribution in [0.25, 0.3) is 5.69 Å². The molecule has 1 saturated carbocycles. The van der Waals surface area contributed by atoms with Gasteiger partial charge in [0.2, 0.25) is 0 Å². The highest BCUT2D eigenvalue weighted by Gasteiger charge is 2.31. The summed E-state index contributed by atoms with van der Waals surface area (Å²) in [6.07, 6.45) is 5.23. The molecule has 24 heavy (non-hydrogen) atoms. The number of ether oxygens (including phenoxy) is 1. The van der Waals surface area contributed by atoms with Gasteiger partial charge in [0.25, 0.3) is 5.91 Å². The zero-order valence-corrected chi connectivity index (χ0v) is 14.1. The van der Waals surface area contributed by atoms with Gasteiger partial charge >= 0.3 is 0 Å². The summed E-state index contributed by atoms with van der Waals surface area (Å²) in [6, 6.07) is 7.45. The fourth-order valence-electron chi connectivity index (χ4n) is 3.10. The topological polar surface area (TPSA) is 76.4 Å². The summed E-state index contributed by atoms with van der Waals surface area (Å²) in [5.41, 5.74) is 1.42. The highest BCUT2D eigenvalue weighted by Crippen LogP contribution is 2.28. The van der Waals surface area contributed by atoms with E-state index in [-0.39, 0.29) is 12.5 Å². The molecule has 1 amide bonds. The number of methoxy groups -OCH3 is 1. The number of aromatic nitrogens is 2. The Morgan fingerprint density at radius 1 is 1.38 bits per heavy atom. The van der Waals surface area contributed by atoms with Gasteiger partial charge in [-0.2, -0.15) is 5.10 Å². The smallest absolute Gasteiger partial charge is 0.271 e. The van der Waals surface area contributed by atoms with Crippen LogP contribution in [0.4, 0.5) is 0 Å². The van der Waals surface area contributed by atoms with Crippen LogP contribution in [0.1, 0.15) is 41.7 Å². The molecule has 6 nitrogen and oxygen atoms in total. The zero-order valence-electron chi connectivity index (χ0n) is 14.1. The van der Waals surface area contributed by atoms with Crippen LogP contribution in [-0.2, 0) is 0 Å². The molecule has 0 unspecified atom stereocenters. The number of rotatable bonds is 5. The first kappa shape index (κ1) is 16.5. The Kier molecular flexibility index (Phi) is 4.57. The van der Waals surface area contributed by atoms with Gasteiger partial charge in [0.05, 0.1) is 12.7 Å². The number of nitrogens with zero attached hydrogens (tertiary/aromatic N) is 2. The van der Waals surface area contributed by atoms with Crippen molar-refractivity contribution in [2.24, 2.45) is 0 Å². The number of carbonyl (C=O) groups is 1. The van der Waals surface area contributed by atoms with Crippen molar-refractivity contribution >= 4 is 5.91 Å². The van der Waals surface area contributed by atoms with Gasteiger partial charge in [-0.3, -0.25) is 4.79 Å². The summed E-state index contributed by atoms with van der Waals surface area (Å²) >= 11 is 0. The molecule has 1 aliphatic rings. The highest BCUT2D eigenvalue weighted by atomic mass is 16.5. The molecule has 6 heteroatoms. The number of benzene rings is 1. The number of aryl methyl sites for hydroxylation is 1. The van der Waals surface area contributed by atoms with Crippen molar-refractivity contribution in [2.45, 2.75) is 38.2 Å². The van der Waals surface area contributed by atoms with Crippen LogP contribution in [0.2, 0.25) is 0 Å². The minimum absolute atomic E-state index is 0.270. The van der Waals surface area contributed by atoms with E-state index in [0.717, 1.165) is 36.9 Å². The third-order valence-electron chi connectivity index (χ3n) is 4.52. The van der Waals surface area contributed by atoms with Crippen molar-refractivity contribution in [1.29, 1.82) is 0 Å². The molecule has 1 aromatic carbocycles. The lowest BCUT2D eigenvalue weighted by atomic mass is 10.0. The van der Waals surface area contributed by atoms with Crippen molar-refractivity contribution in [3.8, 4) is 11.4 Å². The summed E-state index contributed by atoms with van der Waals surface area (Å²) in [6.45, 7) is 2.26. The Bertz CT molecular complexity index is 733. The molecular weight excluding hydrogens is 306 g/mol. The van der Waals surface area contributed by atoms with Crippen molar-refractivity contribution in [3.05, 3.63) is 41.7 Å². The molecule has 0 bridgehead atoms. The fourth-order valence-corrected chi connectivity index (χ4v) is 3.10. The highest BCUT2D eigenvalue weighted by molar-refractivity contribution is 5.92. The normalized spacial score (nSPS) is 16.1. The lowest BCUT2D eigenvalue weighted by Crippen LogP contribution is -2.40. The first-order valence-electron chi connectivity index (χ1n) is 8.22. The second-order valence-corrected chi connectivity index (χ2v) is 6.43. The first-order valence-corrected chi connectivity index (χ1v) is 8.22. The molecule has 0 spiro atoms. The van der Waals surface area contributed by atoms with E-state index in [4.69, 9.17) is 4.74 Å². The molecule has 2 N–H and O–H groups in total. The number of hydrogen-bond donors (Lipinski definition) is 2. The van der Waals surface area contributed by atoms with Gasteiger partial charge in [-0.15, -0.1) is 0 Å². The number of aliphatic hydroxyl groups is 1. The summed E-state index contributed by atoms with van der Waals surface area (Å²) in [7, 11) is 1.60. The number of carbonyl (C=O) groups excluding carboxylic acids is 1. The van der Waals surface area contributed by atoms with Crippen molar-refractivity contribution < 1.29 is 14.6 Å². The average molecular weight is 329 g/mol. The molecule has 3 rings (SSSR count). The van der Waals surface area contributed by atoms with E-state index in [0.29, 0.717) is 11.4 Å². The van der Waals surface area contributed by atoms with Gasteiger partial charge in [-0.1, -0.05) is 18.9 Å². The minimum atomic E-state index is -0.766. The van der Waals surface area contributed by atoms with Crippen molar-refractivity contribution in [2.75, 3.05) is 13.7 Å². The molecule has 2 aromatic rings. The quantitative estimate of drug-likeness (QED) is 0.882. The van der Waals surface area contributed by atoms with Gasteiger partial charge in [0, 0.05) is 12.7 Å². The van der Waals surface area contributed by atoms with E-state index >= 15 is 0 Å². The molecule has 1 aliphatic carbocycles. The molecule has 0 aliphatic heterocycles. The number of hydrogen-bond acceptors (Lipinski definition) is 4. The van der Waals surface area contributed by atoms with Gasteiger partial charge < -0.3 is 15.2 Å². The Hall–Kier alpha value is -2.34. The zero-order chi connectivity index (χ0) is 17.2. The van der Waals surface area contributed by atoms with Crippen LogP contribution in [0.15, 0.2) is 30.5 Å². The van der Waals surface area contributed by atoms with Crippen molar-refractivity contribution in [1.82, 2.24) is 15.1 Å². The molecular formula is C18H23N3O3. The second-order valence-electron chi connectivity index (χ2n) is 6.43. The van der Waals surface area contributed by atoms with E-state index in [2.05, 4.69) is 10.4 Å². The van der Waals surface area contributed by atoms with E-state index < -0.39 is 5.60 Å². The Morgan fingerprint density at radius 2 is 2.12 bits per heavy atom. The SMILES string of the molecule is COc1ccc(C)cc1-n1ccc(C(=O)NCC2(O)CCCC2)n1. The Morgan fingerprint density at radius 3 is 2.83 bits per heavy atom. The van der Waals surface area contributed by atoms with Crippen LogP contribution >= 0.6 is 0 Å². The summed E-state index contributed by atoms with van der Waals surface area (Å²) in [5.74, 6) is 0.414. The van der Waals surface area contributed by atoms with E-state index in [1.54, 1.807) is 24.1 Å². The third-order valence-corrected chi connectivity index (χ3v) is 4.52. The molecule has 0 saturated heterocycles. The minimum Gasteiger partial charge on any atom is -0.494 e. The van der Waals surface area contributed by atoms with E-state index in [9.17, 15) is 9.90 Å². The first-order chi connectivity index (χ1) is 11.5. The van der Waals surface area contributed by atoms with Crippen LogP contribution in [0.3, 0.4) is 0 Å². The van der Waals surface area contributed by atoms with E-state index in [1.165, 1.54) is 0 Å². The monoisotopic (exact) mass is 329 g/mol. The molecule has 1 heterocycles. The molecule has 1 fully saturated rings. The maximum absolute atomic E-state index is 12.3. The lowest BCUT2D eigenvalue weighted by Gasteiger charge is -2.21. The average Bonchev–Trinajstić information content (AvgIpc) is 3.22. The van der Waals surface area contributed by atoms with Crippen LogP contribution in [-0.4, -0.2) is 40.0 Å². The second kappa shape index (κ2) is 6.65. The number of amides is 1. The van der Waals surface area contributed by atoms with E-state index in [1.807, 2.05) is 25.1 Å². The molecule has 0 radical (unpaired) electrons. The van der Waals surface area contributed by atoms with Gasteiger partial charge in [-0.25, -0.2) is 4.68 Å². The third kappa shape index (κ3) is 3.43. The van der Waals surface area contributed by atoms with Crippen LogP contribution < -0.4 is 10.1 Å². The lowest BCUT2D eigenvalue weighted by molar-refractivity contribution is 0.0448. The molecule has 0 atom stereocenters. The summed E-state index contributed by atoms with van der Waals surface area (Å²) < 4.78 is 6.99. The molecule has 128 valence electrons. The molecule has 1 aromatic heterocycles. The van der Waals surface area contributed by atoms with Gasteiger partial charge in [0.1, 0.15) is 11.4 Å². The predicted octanol–water partition coefficient (Wildman–Crippen LogP) is 2.22. The maximum Gasteiger partial charge on any atom is 0.271 e. The van der Waals surface area contributed by atoms with Crippen LogP contribution in [0, 0.1) is 6.92 Å². The largest absolute Gasteiger partial charge is 0.494 e. The predicted molar refractivity (Wildman–Crippen MR) is 90.6 cm³/mol. The standard InChI is InChI=1S/C18H23N3O3/c1-13-5-6-16(24-2)15(11-13)21-10-7-14(20-21)17(22)19-12-18(23)8-3-4-9-18/h5-7,10-11,23H,3-4,8-9,12H2,1-2H3,(H,19,22). The summed E-state index contributed by atoms with van der Waals surface area (Å²) in [4.78, 5) is 12.3. The van der Waals surface area contributed by atoms with Gasteiger partial charge in [-0.05, 0) is 43.5 Å². The maximum atomic E-state index is 12.3. The Balaban J connectivity index is 1.73. The van der Waals surface area contributed by atoms with Crippen molar-refractivity contribution in [3.63, 3.8) is 0 Å². The van der Waals surface area contributed by atoms with Gasteiger partial charge in [0.15, 0.2) is 5.69 Å².